The zero-order valence-electron chi connectivity index (χ0n) is 12.5. The third-order valence-corrected chi connectivity index (χ3v) is 4.53. The van der Waals surface area contributed by atoms with Crippen LogP contribution in [0.25, 0.3) is 10.6 Å². The van der Waals surface area contributed by atoms with E-state index in [4.69, 9.17) is 16.7 Å². The molecule has 3 aromatic rings. The lowest BCUT2D eigenvalue weighted by Gasteiger charge is -2.00. The van der Waals surface area contributed by atoms with Gasteiger partial charge in [-0.15, -0.1) is 0 Å². The maximum Gasteiger partial charge on any atom is 0.339 e. The number of carboxylic acids is 1. The van der Waals surface area contributed by atoms with E-state index in [1.807, 2.05) is 12.1 Å². The van der Waals surface area contributed by atoms with Crippen molar-refractivity contribution < 1.29 is 15.0 Å². The Bertz CT molecular complexity index is 977. The van der Waals surface area contributed by atoms with Crippen LogP contribution in [-0.2, 0) is 7.05 Å². The van der Waals surface area contributed by atoms with Crippen molar-refractivity contribution in [2.75, 3.05) is 0 Å². The van der Waals surface area contributed by atoms with Gasteiger partial charge >= 0.3 is 5.97 Å². The number of aromatic hydroxyl groups is 1. The molecule has 1 aromatic heterocycles. The van der Waals surface area contributed by atoms with Crippen molar-refractivity contribution in [2.24, 2.45) is 12.0 Å². The minimum absolute atomic E-state index is 0.193. The highest BCUT2D eigenvalue weighted by Crippen LogP contribution is 2.24. The van der Waals surface area contributed by atoms with E-state index in [0.717, 1.165) is 10.6 Å². The molecule has 24 heavy (non-hydrogen) atoms. The van der Waals surface area contributed by atoms with Crippen molar-refractivity contribution in [3.8, 4) is 16.3 Å². The van der Waals surface area contributed by atoms with Gasteiger partial charge in [-0.1, -0.05) is 35.1 Å². The molecule has 3 rings (SSSR count). The van der Waals surface area contributed by atoms with Crippen LogP contribution in [0.5, 0.6) is 5.75 Å². The van der Waals surface area contributed by atoms with Crippen LogP contribution in [-0.4, -0.2) is 26.0 Å². The van der Waals surface area contributed by atoms with Crippen molar-refractivity contribution in [3.05, 3.63) is 57.9 Å². The van der Waals surface area contributed by atoms with Crippen LogP contribution in [0.3, 0.4) is 0 Å². The third kappa shape index (κ3) is 3.32. The standard InChI is InChI=1S/C16H12ClN3O3S/c1-20-16(18-11-6-7-13(21)12(8-11)15(22)23)24-14(19-20)9-2-4-10(17)5-3-9/h2-8,21H,1H3,(H,22,23). The summed E-state index contributed by atoms with van der Waals surface area (Å²) in [4.78, 5) is 16.1. The topological polar surface area (TPSA) is 87.7 Å². The number of phenols is 1. The maximum atomic E-state index is 11.1. The molecule has 8 heteroatoms. The predicted molar refractivity (Wildman–Crippen MR) is 91.8 cm³/mol. The first kappa shape index (κ1) is 16.2. The van der Waals surface area contributed by atoms with Gasteiger partial charge in [-0.05, 0) is 30.3 Å². The molecule has 0 atom stereocenters. The number of aryl methyl sites for hydroxylation is 1. The van der Waals surface area contributed by atoms with Gasteiger partial charge in [-0.25, -0.2) is 14.5 Å². The summed E-state index contributed by atoms with van der Waals surface area (Å²) in [6, 6.07) is 11.5. The van der Waals surface area contributed by atoms with Crippen molar-refractivity contribution in [3.63, 3.8) is 0 Å². The number of aromatic carboxylic acids is 1. The van der Waals surface area contributed by atoms with E-state index in [2.05, 4.69) is 10.1 Å². The molecule has 0 spiro atoms. The summed E-state index contributed by atoms with van der Waals surface area (Å²) in [5, 5.41) is 24.4. The van der Waals surface area contributed by atoms with Gasteiger partial charge in [0.2, 0.25) is 4.80 Å². The Kier molecular flexibility index (Phi) is 4.37. The van der Waals surface area contributed by atoms with Crippen molar-refractivity contribution in [1.82, 2.24) is 9.78 Å². The first-order chi connectivity index (χ1) is 11.4. The van der Waals surface area contributed by atoms with E-state index in [1.54, 1.807) is 29.9 Å². The highest BCUT2D eigenvalue weighted by atomic mass is 35.5. The molecule has 1 heterocycles. The van der Waals surface area contributed by atoms with Crippen molar-refractivity contribution in [2.45, 2.75) is 0 Å². The van der Waals surface area contributed by atoms with E-state index in [9.17, 15) is 9.90 Å². The Labute approximate surface area is 145 Å². The number of hydrogen-bond donors (Lipinski definition) is 2. The molecule has 0 bridgehead atoms. The quantitative estimate of drug-likeness (QED) is 0.748. The van der Waals surface area contributed by atoms with E-state index in [1.165, 1.54) is 23.5 Å². The highest BCUT2D eigenvalue weighted by molar-refractivity contribution is 7.12. The minimum atomic E-state index is -1.21. The first-order valence-electron chi connectivity index (χ1n) is 6.85. The Hall–Kier alpha value is -2.64. The molecule has 122 valence electrons. The minimum Gasteiger partial charge on any atom is -0.507 e. The molecule has 0 amide bonds. The molecule has 6 nitrogen and oxygen atoms in total. The zero-order valence-corrected chi connectivity index (χ0v) is 14.0. The summed E-state index contributed by atoms with van der Waals surface area (Å²) in [6.07, 6.45) is 0. The lowest BCUT2D eigenvalue weighted by atomic mass is 10.2. The molecule has 0 aliphatic rings. The van der Waals surface area contributed by atoms with Crippen LogP contribution in [0.4, 0.5) is 5.69 Å². The fraction of sp³-hybridized carbons (Fsp3) is 0.0625. The average Bonchev–Trinajstić information content (AvgIpc) is 2.90. The number of aromatic nitrogens is 2. The van der Waals surface area contributed by atoms with Gasteiger partial charge in [0.25, 0.3) is 0 Å². The molecule has 0 saturated carbocycles. The normalized spacial score (nSPS) is 11.7. The summed E-state index contributed by atoms with van der Waals surface area (Å²) < 4.78 is 1.61. The molecule has 2 aromatic carbocycles. The number of carbonyl (C=O) groups is 1. The average molecular weight is 362 g/mol. The van der Waals surface area contributed by atoms with E-state index >= 15 is 0 Å². The van der Waals surface area contributed by atoms with Crippen LogP contribution >= 0.6 is 22.9 Å². The van der Waals surface area contributed by atoms with Gasteiger partial charge in [0.15, 0.2) is 0 Å². The monoisotopic (exact) mass is 361 g/mol. The molecule has 0 unspecified atom stereocenters. The summed E-state index contributed by atoms with van der Waals surface area (Å²) in [7, 11) is 1.76. The number of rotatable bonds is 3. The van der Waals surface area contributed by atoms with Gasteiger partial charge < -0.3 is 10.2 Å². The molecule has 2 N–H and O–H groups in total. The second kappa shape index (κ2) is 6.46. The lowest BCUT2D eigenvalue weighted by molar-refractivity contribution is 0.0694. The molecular formula is C16H12ClN3O3S. The van der Waals surface area contributed by atoms with Crippen LogP contribution < -0.4 is 4.80 Å². The number of hydrogen-bond acceptors (Lipinski definition) is 5. The van der Waals surface area contributed by atoms with Gasteiger partial charge in [0.05, 0.1) is 5.69 Å². The number of nitrogens with zero attached hydrogens (tertiary/aromatic N) is 3. The Morgan fingerprint density at radius 3 is 2.62 bits per heavy atom. The molecule has 0 fully saturated rings. The van der Waals surface area contributed by atoms with Crippen LogP contribution in [0.2, 0.25) is 5.02 Å². The first-order valence-corrected chi connectivity index (χ1v) is 8.04. The van der Waals surface area contributed by atoms with Gasteiger partial charge in [-0.2, -0.15) is 5.10 Å². The smallest absolute Gasteiger partial charge is 0.339 e. The SMILES string of the molecule is Cn1nc(-c2ccc(Cl)cc2)sc1=Nc1ccc(O)c(C(=O)O)c1. The summed E-state index contributed by atoms with van der Waals surface area (Å²) in [5.74, 6) is -1.50. The molecule has 0 aliphatic heterocycles. The summed E-state index contributed by atoms with van der Waals surface area (Å²) in [6.45, 7) is 0. The van der Waals surface area contributed by atoms with Gasteiger partial charge in [0.1, 0.15) is 16.3 Å². The second-order valence-electron chi connectivity index (χ2n) is 4.94. The Morgan fingerprint density at radius 1 is 1.25 bits per heavy atom. The van der Waals surface area contributed by atoms with E-state index < -0.39 is 5.97 Å². The lowest BCUT2D eigenvalue weighted by Crippen LogP contribution is -2.11. The van der Waals surface area contributed by atoms with Crippen LogP contribution in [0, 0.1) is 0 Å². The maximum absolute atomic E-state index is 11.1. The zero-order chi connectivity index (χ0) is 17.3. The van der Waals surface area contributed by atoms with Crippen LogP contribution in [0.15, 0.2) is 47.5 Å². The van der Waals surface area contributed by atoms with Crippen molar-refractivity contribution in [1.29, 1.82) is 0 Å². The van der Waals surface area contributed by atoms with Gasteiger partial charge in [-0.3, -0.25) is 0 Å². The summed E-state index contributed by atoms with van der Waals surface area (Å²) in [5.41, 5.74) is 1.15. The van der Waals surface area contributed by atoms with Crippen LogP contribution in [0.1, 0.15) is 10.4 Å². The predicted octanol–water partition coefficient (Wildman–Crippen LogP) is 3.44. The highest BCUT2D eigenvalue weighted by Gasteiger charge is 2.10. The molecular weight excluding hydrogens is 350 g/mol. The number of benzene rings is 2. The van der Waals surface area contributed by atoms with E-state index in [0.29, 0.717) is 15.5 Å². The third-order valence-electron chi connectivity index (χ3n) is 3.23. The Morgan fingerprint density at radius 2 is 1.96 bits per heavy atom. The molecule has 0 radical (unpaired) electrons. The summed E-state index contributed by atoms with van der Waals surface area (Å²) >= 11 is 7.25. The second-order valence-corrected chi connectivity index (χ2v) is 6.33. The number of halogens is 1. The fourth-order valence-electron chi connectivity index (χ4n) is 2.03. The van der Waals surface area contributed by atoms with E-state index in [-0.39, 0.29) is 11.3 Å². The fourth-order valence-corrected chi connectivity index (χ4v) is 3.07. The largest absolute Gasteiger partial charge is 0.507 e. The van der Waals surface area contributed by atoms with Crippen molar-refractivity contribution >= 4 is 34.6 Å². The molecule has 0 saturated heterocycles. The Balaban J connectivity index is 2.04. The number of carboxylic acid groups (broad SMARTS) is 1. The molecule has 0 aliphatic carbocycles. The van der Waals surface area contributed by atoms with Gasteiger partial charge in [0, 0.05) is 17.6 Å².